The van der Waals surface area contributed by atoms with E-state index in [0.29, 0.717) is 25.7 Å². The second-order valence-electron chi connectivity index (χ2n) is 11.5. The topological polar surface area (TPSA) is 128 Å². The number of aryl methyl sites for hydroxylation is 1. The molecule has 3 aromatic heterocycles. The Morgan fingerprint density at radius 1 is 0.783 bits per heavy atom. The van der Waals surface area contributed by atoms with Crippen LogP contribution in [0, 0.1) is 6.92 Å². The number of carbonyl (C=O) groups is 1. The molecule has 5 aromatic rings. The van der Waals surface area contributed by atoms with Crippen LogP contribution in [0.3, 0.4) is 0 Å². The number of nitrogens with zero attached hydrogens (tertiary/aromatic N) is 3. The SMILES string of the molecule is Cc1ccc(S(=O)(=O)OCCOCCOCCOc2ccc(-c3ccc4c5cnccc5n(C(=O)OC(C)(C)C)c4c3)cn2)cc1. The van der Waals surface area contributed by atoms with Gasteiger partial charge < -0.3 is 18.9 Å². The molecule has 0 bridgehead atoms. The lowest BCUT2D eigenvalue weighted by Crippen LogP contribution is -2.27. The van der Waals surface area contributed by atoms with Crippen molar-refractivity contribution in [3.63, 3.8) is 0 Å². The van der Waals surface area contributed by atoms with Crippen LogP contribution in [0.25, 0.3) is 32.9 Å². The number of benzene rings is 2. The van der Waals surface area contributed by atoms with Crippen LogP contribution in [0.4, 0.5) is 4.79 Å². The van der Waals surface area contributed by atoms with Gasteiger partial charge in [0.25, 0.3) is 10.1 Å². The van der Waals surface area contributed by atoms with Gasteiger partial charge in [0.1, 0.15) is 12.2 Å². The maximum Gasteiger partial charge on any atom is 0.419 e. The molecule has 11 nitrogen and oxygen atoms in total. The van der Waals surface area contributed by atoms with Crippen molar-refractivity contribution in [2.75, 3.05) is 39.6 Å². The van der Waals surface area contributed by atoms with Gasteiger partial charge in [-0.1, -0.05) is 29.8 Å². The molecule has 0 atom stereocenters. The Labute approximate surface area is 268 Å². The van der Waals surface area contributed by atoms with E-state index in [2.05, 4.69) is 9.97 Å². The fourth-order valence-corrected chi connectivity index (χ4v) is 5.58. The quantitative estimate of drug-likeness (QED) is 0.108. The van der Waals surface area contributed by atoms with Crippen molar-refractivity contribution in [2.24, 2.45) is 0 Å². The molecule has 242 valence electrons. The highest BCUT2D eigenvalue weighted by molar-refractivity contribution is 7.86. The lowest BCUT2D eigenvalue weighted by Gasteiger charge is -2.20. The molecule has 0 saturated carbocycles. The van der Waals surface area contributed by atoms with Gasteiger partial charge in [0.05, 0.1) is 49.0 Å². The molecule has 5 rings (SSSR count). The van der Waals surface area contributed by atoms with Crippen molar-refractivity contribution < 1.29 is 36.3 Å². The maximum absolute atomic E-state index is 13.2. The van der Waals surface area contributed by atoms with Crippen molar-refractivity contribution >= 4 is 38.0 Å². The highest BCUT2D eigenvalue weighted by Gasteiger charge is 2.23. The van der Waals surface area contributed by atoms with Crippen molar-refractivity contribution in [1.29, 1.82) is 0 Å². The Balaban J connectivity index is 1.08. The Morgan fingerprint density at radius 3 is 2.17 bits per heavy atom. The van der Waals surface area contributed by atoms with Crippen LogP contribution in [-0.2, 0) is 28.5 Å². The zero-order chi connectivity index (χ0) is 32.7. The third kappa shape index (κ3) is 8.26. The minimum atomic E-state index is -3.81. The van der Waals surface area contributed by atoms with Crippen LogP contribution in [0.5, 0.6) is 5.88 Å². The minimum absolute atomic E-state index is 0.0838. The second kappa shape index (κ2) is 14.4. The first kappa shape index (κ1) is 33.0. The molecule has 0 spiro atoms. The van der Waals surface area contributed by atoms with Crippen LogP contribution in [-0.4, -0.2) is 74.3 Å². The fourth-order valence-electron chi connectivity index (χ4n) is 4.69. The highest BCUT2D eigenvalue weighted by atomic mass is 32.2. The standard InChI is InChI=1S/C34H37N3O8S/c1-24-5-9-27(10-6-24)46(39,40)44-20-18-42-16-15-41-17-19-43-32-12-8-26(22-36-32)25-7-11-28-29-23-35-14-13-30(29)37(31(28)21-25)33(38)45-34(2,3)4/h5-14,21-23H,15-20H2,1-4H3. The normalized spacial score (nSPS) is 12.1. The van der Waals surface area contributed by atoms with E-state index in [-0.39, 0.29) is 24.7 Å². The molecule has 2 aromatic carbocycles. The molecule has 0 radical (unpaired) electrons. The number of pyridine rings is 2. The van der Waals surface area contributed by atoms with Gasteiger partial charge >= 0.3 is 6.09 Å². The predicted octanol–water partition coefficient (Wildman–Crippen LogP) is 6.16. The Bertz CT molecular complexity index is 1900. The zero-order valence-electron chi connectivity index (χ0n) is 26.3. The zero-order valence-corrected chi connectivity index (χ0v) is 27.1. The van der Waals surface area contributed by atoms with E-state index in [0.717, 1.165) is 38.5 Å². The van der Waals surface area contributed by atoms with E-state index >= 15 is 0 Å². The van der Waals surface area contributed by atoms with Gasteiger partial charge in [-0.3, -0.25) is 9.17 Å². The molecule has 0 amide bonds. The van der Waals surface area contributed by atoms with Crippen LogP contribution in [0.2, 0.25) is 0 Å². The molecular weight excluding hydrogens is 610 g/mol. The molecule has 46 heavy (non-hydrogen) atoms. The first-order valence-corrected chi connectivity index (χ1v) is 16.2. The molecule has 0 unspecified atom stereocenters. The van der Waals surface area contributed by atoms with Crippen LogP contribution in [0.15, 0.2) is 84.1 Å². The number of ether oxygens (including phenoxy) is 4. The first-order chi connectivity index (χ1) is 22.0. The summed E-state index contributed by atoms with van der Waals surface area (Å²) in [5.74, 6) is 0.450. The number of hydrogen-bond donors (Lipinski definition) is 0. The average Bonchev–Trinajstić information content (AvgIpc) is 3.35. The Hall–Kier alpha value is -4.36. The summed E-state index contributed by atoms with van der Waals surface area (Å²) in [5, 5.41) is 1.76. The van der Waals surface area contributed by atoms with Gasteiger partial charge in [-0.15, -0.1) is 0 Å². The highest BCUT2D eigenvalue weighted by Crippen LogP contribution is 2.33. The lowest BCUT2D eigenvalue weighted by molar-refractivity contribution is 0.0275. The Kier molecular flexibility index (Phi) is 10.3. The summed E-state index contributed by atoms with van der Waals surface area (Å²) < 4.78 is 53.2. The summed E-state index contributed by atoms with van der Waals surface area (Å²) in [5.41, 5.74) is 3.51. The number of carbonyl (C=O) groups excluding carboxylic acids is 1. The van der Waals surface area contributed by atoms with Gasteiger partial charge in [0.2, 0.25) is 5.88 Å². The third-order valence-corrected chi connectivity index (χ3v) is 8.17. The number of aromatic nitrogens is 3. The van der Waals surface area contributed by atoms with Crippen molar-refractivity contribution in [3.8, 4) is 17.0 Å². The van der Waals surface area contributed by atoms with E-state index in [1.807, 2.05) is 58.0 Å². The summed E-state index contributed by atoms with van der Waals surface area (Å²) in [6.07, 6.45) is 4.67. The van der Waals surface area contributed by atoms with Crippen molar-refractivity contribution in [3.05, 3.63) is 84.8 Å². The van der Waals surface area contributed by atoms with Crippen molar-refractivity contribution in [2.45, 2.75) is 38.2 Å². The van der Waals surface area contributed by atoms with Gasteiger partial charge in [-0.05, 0) is 63.6 Å². The molecule has 0 saturated heterocycles. The van der Waals surface area contributed by atoms with E-state index in [4.69, 9.17) is 23.1 Å². The number of rotatable bonds is 13. The average molecular weight is 648 g/mol. The summed E-state index contributed by atoms with van der Waals surface area (Å²) in [6, 6.07) is 17.9. The summed E-state index contributed by atoms with van der Waals surface area (Å²) in [6.45, 7) is 8.66. The maximum atomic E-state index is 13.2. The molecule has 0 aliphatic carbocycles. The van der Waals surface area contributed by atoms with E-state index in [9.17, 15) is 13.2 Å². The summed E-state index contributed by atoms with van der Waals surface area (Å²) in [7, 11) is -3.81. The van der Waals surface area contributed by atoms with E-state index in [1.165, 1.54) is 12.1 Å². The molecule has 0 N–H and O–H groups in total. The minimum Gasteiger partial charge on any atom is -0.475 e. The Morgan fingerprint density at radius 2 is 1.48 bits per heavy atom. The molecule has 12 heteroatoms. The van der Waals surface area contributed by atoms with Gasteiger partial charge in [0, 0.05) is 41.0 Å². The number of hydrogen-bond acceptors (Lipinski definition) is 10. The van der Waals surface area contributed by atoms with Gasteiger partial charge in [0.15, 0.2) is 0 Å². The molecule has 0 aliphatic heterocycles. The van der Waals surface area contributed by atoms with Crippen LogP contribution in [0.1, 0.15) is 26.3 Å². The van der Waals surface area contributed by atoms with Crippen LogP contribution < -0.4 is 4.74 Å². The van der Waals surface area contributed by atoms with E-state index < -0.39 is 21.8 Å². The van der Waals surface area contributed by atoms with Gasteiger partial charge in [-0.2, -0.15) is 8.42 Å². The largest absolute Gasteiger partial charge is 0.475 e. The smallest absolute Gasteiger partial charge is 0.419 e. The van der Waals surface area contributed by atoms with Crippen molar-refractivity contribution in [1.82, 2.24) is 14.5 Å². The first-order valence-electron chi connectivity index (χ1n) is 14.8. The van der Waals surface area contributed by atoms with Crippen LogP contribution >= 0.6 is 0 Å². The molecule has 0 aliphatic rings. The molecule has 0 fully saturated rings. The fraction of sp³-hybridized carbons (Fsp3) is 0.324. The number of fused-ring (bicyclic) bond motifs is 3. The second-order valence-corrected chi connectivity index (χ2v) is 13.1. The lowest BCUT2D eigenvalue weighted by atomic mass is 10.1. The summed E-state index contributed by atoms with van der Waals surface area (Å²) in [4.78, 5) is 22.0. The predicted molar refractivity (Wildman–Crippen MR) is 174 cm³/mol. The van der Waals surface area contributed by atoms with E-state index in [1.54, 1.807) is 41.4 Å². The molecule has 3 heterocycles. The summed E-state index contributed by atoms with van der Waals surface area (Å²) >= 11 is 0. The van der Waals surface area contributed by atoms with Gasteiger partial charge in [-0.25, -0.2) is 14.3 Å². The third-order valence-electron chi connectivity index (χ3n) is 6.84. The monoisotopic (exact) mass is 647 g/mol. The molecular formula is C34H37N3O8S.